The Morgan fingerprint density at radius 1 is 1.20 bits per heavy atom. The van der Waals surface area contributed by atoms with Crippen LogP contribution in [0.1, 0.15) is 32.1 Å². The predicted molar refractivity (Wildman–Crippen MR) is 78.8 cm³/mol. The Morgan fingerprint density at radius 2 is 1.80 bits per heavy atom. The molecule has 1 saturated carbocycles. The summed E-state index contributed by atoms with van der Waals surface area (Å²) in [6, 6.07) is 5.34. The first-order valence-electron chi connectivity index (χ1n) is 6.46. The zero-order chi connectivity index (χ0) is 13.9. The third-order valence-corrected chi connectivity index (χ3v) is 5.02. The molecule has 0 bridgehead atoms. The molecule has 0 amide bonds. The molecule has 0 spiro atoms. The van der Waals surface area contributed by atoms with Crippen LogP contribution in [0.25, 0.3) is 0 Å². The second kappa shape index (κ2) is 6.85. The third-order valence-electron chi connectivity index (χ3n) is 3.59. The fourth-order valence-corrected chi connectivity index (χ4v) is 3.63. The Labute approximate surface area is 125 Å². The molecular formula is C13H20ClFN2O2S. The molecule has 20 heavy (non-hydrogen) atoms. The lowest BCUT2D eigenvalue weighted by Crippen LogP contribution is -2.51. The maximum Gasteiger partial charge on any atom is 0.243 e. The number of hydrogen-bond acceptors (Lipinski definition) is 3. The summed E-state index contributed by atoms with van der Waals surface area (Å²) in [4.78, 5) is -0.325. The van der Waals surface area contributed by atoms with Gasteiger partial charge in [-0.3, -0.25) is 0 Å². The fourth-order valence-electron chi connectivity index (χ4n) is 2.41. The number of halogens is 2. The van der Waals surface area contributed by atoms with Gasteiger partial charge in [0.2, 0.25) is 10.0 Å². The van der Waals surface area contributed by atoms with Crippen LogP contribution >= 0.6 is 12.4 Å². The Hall–Kier alpha value is -0.690. The third kappa shape index (κ3) is 4.15. The highest BCUT2D eigenvalue weighted by atomic mass is 35.5. The van der Waals surface area contributed by atoms with Gasteiger partial charge in [-0.25, -0.2) is 17.5 Å². The Morgan fingerprint density at radius 3 is 2.40 bits per heavy atom. The zero-order valence-electron chi connectivity index (χ0n) is 11.1. The second-order valence-electron chi connectivity index (χ2n) is 5.18. The van der Waals surface area contributed by atoms with Crippen molar-refractivity contribution in [2.45, 2.75) is 42.5 Å². The first kappa shape index (κ1) is 17.4. The van der Waals surface area contributed by atoms with E-state index in [1.54, 1.807) is 0 Å². The summed E-state index contributed by atoms with van der Waals surface area (Å²) in [6.45, 7) is 0.156. The van der Waals surface area contributed by atoms with Crippen LogP contribution < -0.4 is 10.5 Å². The van der Waals surface area contributed by atoms with Crippen molar-refractivity contribution in [3.8, 4) is 0 Å². The molecule has 1 aromatic rings. The van der Waals surface area contributed by atoms with E-state index >= 15 is 0 Å². The van der Waals surface area contributed by atoms with Gasteiger partial charge in [-0.15, -0.1) is 12.4 Å². The molecule has 7 heteroatoms. The molecular weight excluding hydrogens is 303 g/mol. The SMILES string of the molecule is Cl.NC1(CNS(=O)(=O)c2ccccc2F)CCCCC1. The average Bonchev–Trinajstić information content (AvgIpc) is 2.38. The quantitative estimate of drug-likeness (QED) is 0.892. The minimum absolute atomic E-state index is 0. The maximum absolute atomic E-state index is 13.5. The van der Waals surface area contributed by atoms with Crippen molar-refractivity contribution in [2.75, 3.05) is 6.54 Å². The fraction of sp³-hybridized carbons (Fsp3) is 0.538. The van der Waals surface area contributed by atoms with Crippen LogP contribution in [0.4, 0.5) is 4.39 Å². The van der Waals surface area contributed by atoms with Crippen molar-refractivity contribution in [2.24, 2.45) is 5.73 Å². The van der Waals surface area contributed by atoms with Gasteiger partial charge in [0.25, 0.3) is 0 Å². The maximum atomic E-state index is 13.5. The summed E-state index contributed by atoms with van der Waals surface area (Å²) in [5, 5.41) is 0. The van der Waals surface area contributed by atoms with Crippen LogP contribution in [0.15, 0.2) is 29.2 Å². The number of sulfonamides is 1. The van der Waals surface area contributed by atoms with Gasteiger partial charge in [0.15, 0.2) is 0 Å². The van der Waals surface area contributed by atoms with E-state index in [2.05, 4.69) is 4.72 Å². The monoisotopic (exact) mass is 322 g/mol. The largest absolute Gasteiger partial charge is 0.324 e. The molecule has 0 aliphatic heterocycles. The lowest BCUT2D eigenvalue weighted by molar-refractivity contribution is 0.296. The Balaban J connectivity index is 0.00000200. The number of nitrogens with one attached hydrogen (secondary N) is 1. The molecule has 0 aromatic heterocycles. The second-order valence-corrected chi connectivity index (χ2v) is 6.91. The van der Waals surface area contributed by atoms with Gasteiger partial charge in [-0.05, 0) is 25.0 Å². The molecule has 0 heterocycles. The van der Waals surface area contributed by atoms with E-state index in [4.69, 9.17) is 5.73 Å². The lowest BCUT2D eigenvalue weighted by Gasteiger charge is -2.33. The molecule has 1 fully saturated rings. The molecule has 1 aliphatic carbocycles. The van der Waals surface area contributed by atoms with Gasteiger partial charge in [0.05, 0.1) is 0 Å². The number of rotatable bonds is 4. The molecule has 0 atom stereocenters. The normalized spacial score (nSPS) is 18.3. The summed E-state index contributed by atoms with van der Waals surface area (Å²) < 4.78 is 40.0. The van der Waals surface area contributed by atoms with Crippen LogP contribution in [-0.2, 0) is 10.0 Å². The van der Waals surface area contributed by atoms with Crippen molar-refractivity contribution >= 4 is 22.4 Å². The minimum atomic E-state index is -3.83. The number of nitrogens with two attached hydrogens (primary N) is 1. The highest BCUT2D eigenvalue weighted by Gasteiger charge is 2.29. The van der Waals surface area contributed by atoms with E-state index in [9.17, 15) is 12.8 Å². The van der Waals surface area contributed by atoms with Crippen LogP contribution in [0, 0.1) is 5.82 Å². The van der Waals surface area contributed by atoms with Crippen LogP contribution in [0.3, 0.4) is 0 Å². The molecule has 3 N–H and O–H groups in total. The van der Waals surface area contributed by atoms with Gasteiger partial charge in [-0.1, -0.05) is 31.4 Å². The van der Waals surface area contributed by atoms with Gasteiger partial charge in [0.1, 0.15) is 10.7 Å². The van der Waals surface area contributed by atoms with Gasteiger partial charge >= 0.3 is 0 Å². The van der Waals surface area contributed by atoms with Gasteiger partial charge < -0.3 is 5.73 Å². The van der Waals surface area contributed by atoms with Crippen molar-refractivity contribution in [1.82, 2.24) is 4.72 Å². The van der Waals surface area contributed by atoms with E-state index in [1.165, 1.54) is 18.2 Å². The molecule has 1 aromatic carbocycles. The predicted octanol–water partition coefficient (Wildman–Crippen LogP) is 2.19. The number of hydrogen-bond donors (Lipinski definition) is 2. The minimum Gasteiger partial charge on any atom is -0.324 e. The van der Waals surface area contributed by atoms with Crippen molar-refractivity contribution < 1.29 is 12.8 Å². The van der Waals surface area contributed by atoms with E-state index in [0.29, 0.717) is 0 Å². The molecule has 1 aliphatic rings. The molecule has 0 unspecified atom stereocenters. The highest BCUT2D eigenvalue weighted by Crippen LogP contribution is 2.25. The van der Waals surface area contributed by atoms with E-state index in [0.717, 1.165) is 38.2 Å². The summed E-state index contributed by atoms with van der Waals surface area (Å²) in [5.74, 6) is -0.746. The average molecular weight is 323 g/mol. The van der Waals surface area contributed by atoms with E-state index in [-0.39, 0.29) is 23.8 Å². The van der Waals surface area contributed by atoms with Crippen LogP contribution in [-0.4, -0.2) is 20.5 Å². The zero-order valence-corrected chi connectivity index (χ0v) is 12.8. The Bertz CT molecular complexity index is 545. The molecule has 4 nitrogen and oxygen atoms in total. The standard InChI is InChI=1S/C13H19FN2O2S.ClH/c14-11-6-2-3-7-12(11)19(17,18)16-10-13(15)8-4-1-5-9-13;/h2-3,6-7,16H,1,4-5,8-10,15H2;1H. The van der Waals surface area contributed by atoms with Crippen molar-refractivity contribution in [3.63, 3.8) is 0 Å². The molecule has 2 rings (SSSR count). The van der Waals surface area contributed by atoms with E-state index < -0.39 is 21.4 Å². The highest BCUT2D eigenvalue weighted by molar-refractivity contribution is 7.89. The Kier molecular flexibility index (Phi) is 5.94. The molecule has 0 saturated heterocycles. The summed E-state index contributed by atoms with van der Waals surface area (Å²) in [6.07, 6.45) is 4.76. The first-order valence-corrected chi connectivity index (χ1v) is 7.94. The van der Waals surface area contributed by atoms with Gasteiger partial charge in [-0.2, -0.15) is 0 Å². The van der Waals surface area contributed by atoms with Crippen molar-refractivity contribution in [1.29, 1.82) is 0 Å². The van der Waals surface area contributed by atoms with Crippen LogP contribution in [0.5, 0.6) is 0 Å². The van der Waals surface area contributed by atoms with E-state index in [1.807, 2.05) is 0 Å². The van der Waals surface area contributed by atoms with Gasteiger partial charge in [0, 0.05) is 12.1 Å². The molecule has 0 radical (unpaired) electrons. The smallest absolute Gasteiger partial charge is 0.243 e. The summed E-state index contributed by atoms with van der Waals surface area (Å²) in [7, 11) is -3.83. The molecule has 114 valence electrons. The summed E-state index contributed by atoms with van der Waals surface area (Å²) in [5.41, 5.74) is 5.66. The topological polar surface area (TPSA) is 72.2 Å². The lowest BCUT2D eigenvalue weighted by atomic mass is 9.83. The number of benzene rings is 1. The summed E-state index contributed by atoms with van der Waals surface area (Å²) >= 11 is 0. The van der Waals surface area contributed by atoms with Crippen molar-refractivity contribution in [3.05, 3.63) is 30.1 Å². The first-order chi connectivity index (χ1) is 8.93. The van der Waals surface area contributed by atoms with Crippen LogP contribution in [0.2, 0.25) is 0 Å².